The Morgan fingerprint density at radius 1 is 0.958 bits per heavy atom. The summed E-state index contributed by atoms with van der Waals surface area (Å²) >= 11 is 0. The summed E-state index contributed by atoms with van der Waals surface area (Å²) in [6, 6.07) is 17.8. The fourth-order valence-electron chi connectivity index (χ4n) is 2.72. The minimum Gasteiger partial charge on any atom is -0.492 e. The number of rotatable bonds is 4. The normalized spacial score (nSPS) is 11.6. The Hall–Kier alpha value is -2.55. The van der Waals surface area contributed by atoms with E-state index >= 15 is 0 Å². The quantitative estimate of drug-likeness (QED) is 0.714. The first-order chi connectivity index (χ1) is 11.4. The smallest absolute Gasteiger partial charge is 0.258 e. The van der Waals surface area contributed by atoms with E-state index in [0.29, 0.717) is 13.2 Å². The van der Waals surface area contributed by atoms with Crippen LogP contribution >= 0.6 is 0 Å². The Kier molecular flexibility index (Phi) is 4.43. The monoisotopic (exact) mass is 321 g/mol. The predicted octanol–water partition coefficient (Wildman–Crippen LogP) is 4.38. The van der Waals surface area contributed by atoms with Gasteiger partial charge in [-0.1, -0.05) is 51.1 Å². The topological polar surface area (TPSA) is 31.2 Å². The van der Waals surface area contributed by atoms with Crippen LogP contribution in [0.2, 0.25) is 0 Å². The molecule has 2 aromatic carbocycles. The van der Waals surface area contributed by atoms with Crippen molar-refractivity contribution in [2.45, 2.75) is 32.7 Å². The van der Waals surface area contributed by atoms with E-state index in [1.54, 1.807) is 4.57 Å². The number of fused-ring (bicyclic) bond motifs is 1. The summed E-state index contributed by atoms with van der Waals surface area (Å²) < 4.78 is 7.49. The highest BCUT2D eigenvalue weighted by atomic mass is 16.5. The largest absolute Gasteiger partial charge is 0.492 e. The molecule has 0 fully saturated rings. The Balaban J connectivity index is 1.66. The molecule has 0 spiro atoms. The average molecular weight is 321 g/mol. The van der Waals surface area contributed by atoms with Gasteiger partial charge in [-0.05, 0) is 40.6 Å². The number of hydrogen-bond donors (Lipinski definition) is 0. The van der Waals surface area contributed by atoms with Crippen LogP contribution in [0.15, 0.2) is 65.6 Å². The van der Waals surface area contributed by atoms with E-state index in [9.17, 15) is 4.79 Å². The molecule has 24 heavy (non-hydrogen) atoms. The van der Waals surface area contributed by atoms with Gasteiger partial charge in [0, 0.05) is 11.6 Å². The number of hydrogen-bond acceptors (Lipinski definition) is 2. The molecule has 0 saturated heterocycles. The van der Waals surface area contributed by atoms with Gasteiger partial charge in [-0.15, -0.1) is 0 Å². The highest BCUT2D eigenvalue weighted by Gasteiger charge is 2.12. The second kappa shape index (κ2) is 6.52. The third kappa shape index (κ3) is 3.51. The zero-order chi connectivity index (χ0) is 17.2. The second-order valence-electron chi connectivity index (χ2n) is 7.02. The van der Waals surface area contributed by atoms with Gasteiger partial charge in [0.15, 0.2) is 0 Å². The molecule has 0 bridgehead atoms. The van der Waals surface area contributed by atoms with Crippen molar-refractivity contribution in [3.8, 4) is 5.75 Å². The van der Waals surface area contributed by atoms with Crippen LogP contribution in [0.4, 0.5) is 0 Å². The first-order valence-corrected chi connectivity index (χ1v) is 8.27. The van der Waals surface area contributed by atoms with Crippen molar-refractivity contribution in [3.63, 3.8) is 0 Å². The number of ether oxygens (including phenoxy) is 1. The summed E-state index contributed by atoms with van der Waals surface area (Å²) in [5.74, 6) is 0.830. The number of benzene rings is 2. The third-order valence-electron chi connectivity index (χ3n) is 4.21. The summed E-state index contributed by atoms with van der Waals surface area (Å²) in [5, 5.41) is 1.71. The maximum Gasteiger partial charge on any atom is 0.258 e. The van der Waals surface area contributed by atoms with Crippen LogP contribution in [0.1, 0.15) is 26.3 Å². The molecule has 0 N–H and O–H groups in total. The van der Waals surface area contributed by atoms with Crippen LogP contribution < -0.4 is 10.3 Å². The molecule has 124 valence electrons. The van der Waals surface area contributed by atoms with E-state index in [1.807, 2.05) is 48.7 Å². The maximum absolute atomic E-state index is 12.4. The Morgan fingerprint density at radius 3 is 2.38 bits per heavy atom. The highest BCUT2D eigenvalue weighted by molar-refractivity contribution is 5.81. The van der Waals surface area contributed by atoms with Crippen LogP contribution in [0.3, 0.4) is 0 Å². The van der Waals surface area contributed by atoms with Crippen LogP contribution in [0.5, 0.6) is 5.75 Å². The third-order valence-corrected chi connectivity index (χ3v) is 4.21. The average Bonchev–Trinajstić information content (AvgIpc) is 2.57. The fourth-order valence-corrected chi connectivity index (χ4v) is 2.72. The Bertz CT molecular complexity index is 886. The van der Waals surface area contributed by atoms with Crippen LogP contribution in [-0.2, 0) is 12.0 Å². The van der Waals surface area contributed by atoms with E-state index in [4.69, 9.17) is 4.74 Å². The van der Waals surface area contributed by atoms with E-state index in [-0.39, 0.29) is 11.0 Å². The van der Waals surface area contributed by atoms with Gasteiger partial charge in [0.2, 0.25) is 0 Å². The van der Waals surface area contributed by atoms with Crippen molar-refractivity contribution in [2.75, 3.05) is 6.61 Å². The van der Waals surface area contributed by atoms with Gasteiger partial charge in [-0.3, -0.25) is 4.79 Å². The van der Waals surface area contributed by atoms with Gasteiger partial charge in [-0.25, -0.2) is 0 Å². The van der Waals surface area contributed by atoms with Crippen LogP contribution in [-0.4, -0.2) is 11.2 Å². The van der Waals surface area contributed by atoms with E-state index in [2.05, 4.69) is 32.9 Å². The summed E-state index contributed by atoms with van der Waals surface area (Å²) in [6.07, 6.45) is 1.83. The molecule has 1 aromatic heterocycles. The SMILES string of the molecule is CC(C)(C)c1ccc(OCCn2ccc3ccccc3c2=O)cc1. The molecule has 3 nitrogen and oxygen atoms in total. The molecule has 3 heteroatoms. The first-order valence-electron chi connectivity index (χ1n) is 8.27. The summed E-state index contributed by atoms with van der Waals surface area (Å²) in [6.45, 7) is 7.57. The number of nitrogens with zero attached hydrogens (tertiary/aromatic N) is 1. The molecule has 0 aliphatic carbocycles. The molecule has 0 amide bonds. The molecular formula is C21H23NO2. The van der Waals surface area contributed by atoms with Crippen molar-refractivity contribution >= 4 is 10.8 Å². The van der Waals surface area contributed by atoms with Crippen molar-refractivity contribution < 1.29 is 4.74 Å². The first kappa shape index (κ1) is 16.3. The number of pyridine rings is 1. The predicted molar refractivity (Wildman–Crippen MR) is 98.8 cm³/mol. The van der Waals surface area contributed by atoms with Crippen LogP contribution in [0.25, 0.3) is 10.8 Å². The van der Waals surface area contributed by atoms with Gasteiger partial charge < -0.3 is 9.30 Å². The molecule has 0 aliphatic rings. The van der Waals surface area contributed by atoms with E-state index < -0.39 is 0 Å². The number of aromatic nitrogens is 1. The van der Waals surface area contributed by atoms with Crippen molar-refractivity contribution in [2.24, 2.45) is 0 Å². The summed E-state index contributed by atoms with van der Waals surface area (Å²) in [5.41, 5.74) is 1.44. The van der Waals surface area contributed by atoms with Crippen molar-refractivity contribution in [3.05, 3.63) is 76.7 Å². The van der Waals surface area contributed by atoms with E-state index in [0.717, 1.165) is 16.5 Å². The van der Waals surface area contributed by atoms with E-state index in [1.165, 1.54) is 5.56 Å². The summed E-state index contributed by atoms with van der Waals surface area (Å²) in [4.78, 5) is 12.4. The molecule has 0 atom stereocenters. The Labute approximate surface area is 142 Å². The van der Waals surface area contributed by atoms with Gasteiger partial charge in [0.05, 0.1) is 6.54 Å². The minimum atomic E-state index is 0.0276. The molecule has 0 aliphatic heterocycles. The van der Waals surface area contributed by atoms with Gasteiger partial charge >= 0.3 is 0 Å². The standard InChI is InChI=1S/C21H23NO2/c1-21(2,3)17-8-10-18(11-9-17)24-15-14-22-13-12-16-6-4-5-7-19(16)20(22)23/h4-13H,14-15H2,1-3H3. The molecular weight excluding hydrogens is 298 g/mol. The van der Waals surface area contributed by atoms with Crippen molar-refractivity contribution in [1.29, 1.82) is 0 Å². The van der Waals surface area contributed by atoms with Crippen molar-refractivity contribution in [1.82, 2.24) is 4.57 Å². The zero-order valence-electron chi connectivity index (χ0n) is 14.5. The molecule has 3 rings (SSSR count). The zero-order valence-corrected chi connectivity index (χ0v) is 14.5. The molecule has 3 aromatic rings. The molecule has 1 heterocycles. The summed E-state index contributed by atoms with van der Waals surface area (Å²) in [7, 11) is 0. The van der Waals surface area contributed by atoms with Gasteiger partial charge in [-0.2, -0.15) is 0 Å². The lowest BCUT2D eigenvalue weighted by Crippen LogP contribution is -2.22. The van der Waals surface area contributed by atoms with Gasteiger partial charge in [0.1, 0.15) is 12.4 Å². The second-order valence-corrected chi connectivity index (χ2v) is 7.02. The Morgan fingerprint density at radius 2 is 1.67 bits per heavy atom. The molecule has 0 saturated carbocycles. The molecule has 0 radical (unpaired) electrons. The van der Waals surface area contributed by atoms with Gasteiger partial charge in [0.25, 0.3) is 5.56 Å². The van der Waals surface area contributed by atoms with Crippen LogP contribution in [0, 0.1) is 0 Å². The lowest BCUT2D eigenvalue weighted by atomic mass is 9.87. The lowest BCUT2D eigenvalue weighted by Gasteiger charge is -2.19. The molecule has 0 unspecified atom stereocenters. The highest BCUT2D eigenvalue weighted by Crippen LogP contribution is 2.24. The fraction of sp³-hybridized carbons (Fsp3) is 0.286. The maximum atomic E-state index is 12.4. The lowest BCUT2D eigenvalue weighted by molar-refractivity contribution is 0.296. The minimum absolute atomic E-state index is 0.0276.